The molecule has 4 N–H and O–H groups in total. The monoisotopic (exact) mass is 310 g/mol. The molecule has 0 spiro atoms. The molecule has 2 aromatic rings. The zero-order valence-corrected chi connectivity index (χ0v) is 11.9. The van der Waals surface area contributed by atoms with Crippen molar-refractivity contribution in [1.29, 1.82) is 0 Å². The van der Waals surface area contributed by atoms with Crippen LogP contribution in [0.15, 0.2) is 36.4 Å². The molecule has 0 atom stereocenters. The molecule has 0 saturated carbocycles. The second kappa shape index (κ2) is 6.03. The average Bonchev–Trinajstić information content (AvgIpc) is 2.38. The van der Waals surface area contributed by atoms with Crippen LogP contribution in [0.3, 0.4) is 0 Å². The van der Waals surface area contributed by atoms with Gasteiger partial charge in [0.05, 0.1) is 5.69 Å². The summed E-state index contributed by atoms with van der Waals surface area (Å²) < 4.78 is 5.57. The predicted octanol–water partition coefficient (Wildman–Crippen LogP) is 3.25. The lowest BCUT2D eigenvalue weighted by Crippen LogP contribution is -2.11. The molecule has 0 saturated heterocycles. The summed E-state index contributed by atoms with van der Waals surface area (Å²) in [5.41, 5.74) is 12.5. The number of benzene rings is 2. The van der Waals surface area contributed by atoms with Gasteiger partial charge < -0.3 is 16.2 Å². The summed E-state index contributed by atoms with van der Waals surface area (Å²) in [7, 11) is 0. The Morgan fingerprint density at radius 3 is 2.50 bits per heavy atom. The first-order chi connectivity index (χ1) is 9.47. The van der Waals surface area contributed by atoms with Crippen molar-refractivity contribution in [2.45, 2.75) is 6.61 Å². The Hall–Kier alpha value is -1.91. The number of carbonyl (C=O) groups excluding carboxylic acids is 1. The van der Waals surface area contributed by atoms with Gasteiger partial charge in [0.1, 0.15) is 12.4 Å². The van der Waals surface area contributed by atoms with Crippen LogP contribution in [0.5, 0.6) is 5.75 Å². The minimum Gasteiger partial charge on any atom is -0.487 e. The van der Waals surface area contributed by atoms with E-state index in [1.54, 1.807) is 30.3 Å². The molecule has 0 aliphatic heterocycles. The van der Waals surface area contributed by atoms with Gasteiger partial charge in [-0.2, -0.15) is 0 Å². The highest BCUT2D eigenvalue weighted by Gasteiger charge is 2.07. The van der Waals surface area contributed by atoms with Crippen LogP contribution < -0.4 is 16.2 Å². The third-order valence-electron chi connectivity index (χ3n) is 2.69. The molecule has 0 aromatic heterocycles. The molecule has 104 valence electrons. The lowest BCUT2D eigenvalue weighted by molar-refractivity contribution is 0.1000. The van der Waals surface area contributed by atoms with E-state index in [2.05, 4.69) is 0 Å². The molecular formula is C14H12Cl2N2O2. The second-order valence-corrected chi connectivity index (χ2v) is 4.98. The Balaban J connectivity index is 2.13. The zero-order chi connectivity index (χ0) is 14.7. The molecule has 1 amide bonds. The number of carbonyl (C=O) groups is 1. The van der Waals surface area contributed by atoms with E-state index in [4.69, 9.17) is 39.4 Å². The topological polar surface area (TPSA) is 78.3 Å². The lowest BCUT2D eigenvalue weighted by Gasteiger charge is -2.10. The van der Waals surface area contributed by atoms with Gasteiger partial charge in [-0.25, -0.2) is 0 Å². The van der Waals surface area contributed by atoms with E-state index < -0.39 is 5.91 Å². The van der Waals surface area contributed by atoms with E-state index in [1.165, 1.54) is 6.07 Å². The molecule has 6 heteroatoms. The Morgan fingerprint density at radius 2 is 1.90 bits per heavy atom. The van der Waals surface area contributed by atoms with Gasteiger partial charge in [0.25, 0.3) is 0 Å². The van der Waals surface area contributed by atoms with Crippen LogP contribution in [0.4, 0.5) is 5.69 Å². The van der Waals surface area contributed by atoms with Gasteiger partial charge in [-0.3, -0.25) is 4.79 Å². The van der Waals surface area contributed by atoms with Crippen LogP contribution in [0, 0.1) is 0 Å². The number of hydrogen-bond acceptors (Lipinski definition) is 3. The van der Waals surface area contributed by atoms with Crippen LogP contribution in [-0.2, 0) is 6.61 Å². The highest BCUT2D eigenvalue weighted by Crippen LogP contribution is 2.27. The molecule has 2 aromatic carbocycles. The van der Waals surface area contributed by atoms with E-state index in [-0.39, 0.29) is 6.61 Å². The van der Waals surface area contributed by atoms with Crippen molar-refractivity contribution >= 4 is 34.8 Å². The highest BCUT2D eigenvalue weighted by atomic mass is 35.5. The first-order valence-corrected chi connectivity index (χ1v) is 6.49. The van der Waals surface area contributed by atoms with Gasteiger partial charge >= 0.3 is 0 Å². The first-order valence-electron chi connectivity index (χ1n) is 5.73. The summed E-state index contributed by atoms with van der Waals surface area (Å²) in [5.74, 6) is -0.00856. The van der Waals surface area contributed by atoms with Crippen molar-refractivity contribution < 1.29 is 9.53 Å². The summed E-state index contributed by atoms with van der Waals surface area (Å²) in [6.07, 6.45) is 0. The lowest BCUT2D eigenvalue weighted by atomic mass is 10.1. The number of rotatable bonds is 4. The van der Waals surface area contributed by atoms with E-state index >= 15 is 0 Å². The van der Waals surface area contributed by atoms with Crippen molar-refractivity contribution in [3.63, 3.8) is 0 Å². The van der Waals surface area contributed by atoms with Gasteiger partial charge in [-0.15, -0.1) is 0 Å². The van der Waals surface area contributed by atoms with E-state index in [1.807, 2.05) is 0 Å². The number of nitrogens with two attached hydrogens (primary N) is 2. The van der Waals surface area contributed by atoms with Gasteiger partial charge in [0.15, 0.2) is 0 Å². The molecular weight excluding hydrogens is 299 g/mol. The fraction of sp³-hybridized carbons (Fsp3) is 0.0714. The minimum absolute atomic E-state index is 0.226. The number of anilines is 1. The predicted molar refractivity (Wildman–Crippen MR) is 80.2 cm³/mol. The molecule has 0 bridgehead atoms. The quantitative estimate of drug-likeness (QED) is 0.851. The third-order valence-corrected chi connectivity index (χ3v) is 3.28. The van der Waals surface area contributed by atoms with Crippen molar-refractivity contribution in [3.05, 3.63) is 57.6 Å². The van der Waals surface area contributed by atoms with Gasteiger partial charge in [-0.1, -0.05) is 29.3 Å². The zero-order valence-electron chi connectivity index (χ0n) is 10.4. The van der Waals surface area contributed by atoms with Crippen molar-refractivity contribution in [2.24, 2.45) is 5.73 Å². The number of nitrogen functional groups attached to an aromatic ring is 1. The summed E-state index contributed by atoms with van der Waals surface area (Å²) in [5, 5.41) is 0.951. The molecule has 2 rings (SSSR count). The molecule has 4 nitrogen and oxygen atoms in total. The fourth-order valence-electron chi connectivity index (χ4n) is 1.62. The SMILES string of the molecule is NC(=O)c1ccc(COc2ccc(Cl)cc2N)c(Cl)c1. The van der Waals surface area contributed by atoms with Gasteiger partial charge in [-0.05, 0) is 30.3 Å². The molecule has 0 radical (unpaired) electrons. The van der Waals surface area contributed by atoms with Crippen LogP contribution in [0.2, 0.25) is 10.0 Å². The van der Waals surface area contributed by atoms with Crippen molar-refractivity contribution in [2.75, 3.05) is 5.73 Å². The molecule has 0 aliphatic rings. The van der Waals surface area contributed by atoms with Crippen LogP contribution in [-0.4, -0.2) is 5.91 Å². The molecule has 0 heterocycles. The standard InChI is InChI=1S/C14H12Cl2N2O2/c15-10-3-4-13(12(17)6-10)20-7-9-2-1-8(14(18)19)5-11(9)16/h1-6H,7,17H2,(H2,18,19). The van der Waals surface area contributed by atoms with Gasteiger partial charge in [0.2, 0.25) is 5.91 Å². The smallest absolute Gasteiger partial charge is 0.248 e. The molecule has 20 heavy (non-hydrogen) atoms. The van der Waals surface area contributed by atoms with Crippen LogP contribution >= 0.6 is 23.2 Å². The number of hydrogen-bond donors (Lipinski definition) is 2. The maximum absolute atomic E-state index is 11.0. The largest absolute Gasteiger partial charge is 0.487 e. The van der Waals surface area contributed by atoms with E-state index in [0.29, 0.717) is 27.0 Å². The second-order valence-electron chi connectivity index (χ2n) is 4.14. The molecule has 0 unspecified atom stereocenters. The summed E-state index contributed by atoms with van der Waals surface area (Å²) >= 11 is 11.9. The summed E-state index contributed by atoms with van der Waals surface area (Å²) in [6, 6.07) is 9.77. The van der Waals surface area contributed by atoms with Crippen LogP contribution in [0.25, 0.3) is 0 Å². The number of halogens is 2. The van der Waals surface area contributed by atoms with E-state index in [9.17, 15) is 4.79 Å². The van der Waals surface area contributed by atoms with Crippen molar-refractivity contribution in [3.8, 4) is 5.75 Å². The third kappa shape index (κ3) is 3.35. The number of ether oxygens (including phenoxy) is 1. The summed E-state index contributed by atoms with van der Waals surface area (Å²) in [4.78, 5) is 11.0. The minimum atomic E-state index is -0.527. The maximum atomic E-state index is 11.0. The Kier molecular flexibility index (Phi) is 4.37. The Morgan fingerprint density at radius 1 is 1.15 bits per heavy atom. The highest BCUT2D eigenvalue weighted by molar-refractivity contribution is 6.31. The van der Waals surface area contributed by atoms with Crippen LogP contribution in [0.1, 0.15) is 15.9 Å². The fourth-order valence-corrected chi connectivity index (χ4v) is 2.04. The molecule has 0 aliphatic carbocycles. The Bertz CT molecular complexity index is 660. The van der Waals surface area contributed by atoms with E-state index in [0.717, 1.165) is 5.56 Å². The number of primary amides is 1. The molecule has 0 fully saturated rings. The Labute approximate surface area is 126 Å². The summed E-state index contributed by atoms with van der Waals surface area (Å²) in [6.45, 7) is 0.226. The first kappa shape index (κ1) is 14.5. The average molecular weight is 311 g/mol. The van der Waals surface area contributed by atoms with Crippen molar-refractivity contribution in [1.82, 2.24) is 0 Å². The number of amides is 1. The maximum Gasteiger partial charge on any atom is 0.248 e. The normalized spacial score (nSPS) is 10.3. The van der Waals surface area contributed by atoms with Gasteiger partial charge in [0, 0.05) is 21.2 Å².